The van der Waals surface area contributed by atoms with Gasteiger partial charge in [0, 0.05) is 12.6 Å². The molecule has 6 heteroatoms. The van der Waals surface area contributed by atoms with Gasteiger partial charge < -0.3 is 20.3 Å². The van der Waals surface area contributed by atoms with Crippen molar-refractivity contribution in [2.45, 2.75) is 64.1 Å². The molecule has 1 saturated carbocycles. The van der Waals surface area contributed by atoms with E-state index in [0.717, 1.165) is 23.9 Å². The topological polar surface area (TPSA) is 79.2 Å². The Morgan fingerprint density at radius 1 is 1.28 bits per heavy atom. The summed E-state index contributed by atoms with van der Waals surface area (Å²) in [7, 11) is 0. The number of aliphatic hydroxyl groups excluding tert-OH is 1. The maximum Gasteiger partial charge on any atom is 0.240 e. The minimum absolute atomic E-state index is 0.0233. The number of carbonyl (C=O) groups excluding carboxylic acids is 1. The van der Waals surface area contributed by atoms with Crippen LogP contribution in [-0.4, -0.2) is 39.3 Å². The number of nitrogens with one attached hydrogen (secondary N) is 2. The highest BCUT2D eigenvalue weighted by atomic mass is 16.3. The fraction of sp³-hybridized carbons (Fsp3) is 0.579. The van der Waals surface area contributed by atoms with Gasteiger partial charge in [-0.15, -0.1) is 0 Å². The lowest BCUT2D eigenvalue weighted by molar-refractivity contribution is -0.122. The number of carbonyl (C=O) groups is 1. The molecule has 3 N–H and O–H groups in total. The smallest absolute Gasteiger partial charge is 0.240 e. The molecule has 1 fully saturated rings. The Morgan fingerprint density at radius 2 is 2.00 bits per heavy atom. The number of aliphatic hydroxyl groups is 1. The summed E-state index contributed by atoms with van der Waals surface area (Å²) in [4.78, 5) is 17.1. The number of para-hydroxylation sites is 2. The van der Waals surface area contributed by atoms with Gasteiger partial charge in [0.2, 0.25) is 11.9 Å². The molecule has 1 aromatic heterocycles. The summed E-state index contributed by atoms with van der Waals surface area (Å²) >= 11 is 0. The van der Waals surface area contributed by atoms with Crippen LogP contribution in [0.3, 0.4) is 0 Å². The van der Waals surface area contributed by atoms with Crippen LogP contribution >= 0.6 is 0 Å². The number of anilines is 1. The van der Waals surface area contributed by atoms with Gasteiger partial charge in [-0.2, -0.15) is 0 Å². The van der Waals surface area contributed by atoms with Gasteiger partial charge in [0.15, 0.2) is 0 Å². The monoisotopic (exact) mass is 344 g/mol. The van der Waals surface area contributed by atoms with Crippen LogP contribution in [0.15, 0.2) is 24.3 Å². The molecule has 0 unspecified atom stereocenters. The molecule has 0 aliphatic heterocycles. The summed E-state index contributed by atoms with van der Waals surface area (Å²) in [6.07, 6.45) is 6.60. The van der Waals surface area contributed by atoms with Crippen molar-refractivity contribution in [1.82, 2.24) is 14.9 Å². The molecule has 2 aromatic rings. The van der Waals surface area contributed by atoms with Crippen molar-refractivity contribution >= 4 is 22.9 Å². The highest BCUT2D eigenvalue weighted by Crippen LogP contribution is 2.20. The third kappa shape index (κ3) is 4.72. The summed E-state index contributed by atoms with van der Waals surface area (Å²) in [6, 6.07) is 8.07. The van der Waals surface area contributed by atoms with Gasteiger partial charge >= 0.3 is 0 Å². The number of benzene rings is 1. The number of rotatable bonds is 6. The molecule has 6 nitrogen and oxygen atoms in total. The van der Waals surface area contributed by atoms with Gasteiger partial charge in [0.1, 0.15) is 6.54 Å². The van der Waals surface area contributed by atoms with E-state index in [9.17, 15) is 9.90 Å². The molecular formula is C19H28N4O2. The lowest BCUT2D eigenvalue weighted by Gasteiger charge is -2.17. The van der Waals surface area contributed by atoms with E-state index < -0.39 is 6.10 Å². The largest absolute Gasteiger partial charge is 0.392 e. The van der Waals surface area contributed by atoms with E-state index >= 15 is 0 Å². The number of fused-ring (bicyclic) bond motifs is 1. The van der Waals surface area contributed by atoms with E-state index in [0.29, 0.717) is 18.5 Å². The number of hydrogen-bond donors (Lipinski definition) is 3. The summed E-state index contributed by atoms with van der Waals surface area (Å²) < 4.78 is 1.89. The number of hydrogen-bond acceptors (Lipinski definition) is 4. The van der Waals surface area contributed by atoms with Crippen LogP contribution in [0.25, 0.3) is 11.0 Å². The average molecular weight is 344 g/mol. The highest BCUT2D eigenvalue weighted by molar-refractivity contribution is 5.83. The Balaban J connectivity index is 1.74. The normalized spacial score (nSPS) is 17.2. The molecule has 1 aromatic carbocycles. The molecule has 3 rings (SSSR count). The minimum atomic E-state index is -0.479. The summed E-state index contributed by atoms with van der Waals surface area (Å²) in [6.45, 7) is 2.35. The van der Waals surface area contributed by atoms with Crippen LogP contribution in [0.2, 0.25) is 0 Å². The van der Waals surface area contributed by atoms with E-state index in [-0.39, 0.29) is 12.5 Å². The van der Waals surface area contributed by atoms with Gasteiger partial charge in [0.05, 0.1) is 17.1 Å². The lowest BCUT2D eigenvalue weighted by Crippen LogP contribution is -2.37. The molecule has 136 valence electrons. The van der Waals surface area contributed by atoms with Crippen LogP contribution in [0.5, 0.6) is 0 Å². The molecule has 1 aliphatic rings. The van der Waals surface area contributed by atoms with Crippen molar-refractivity contribution < 1.29 is 9.90 Å². The molecule has 1 atom stereocenters. The minimum Gasteiger partial charge on any atom is -0.392 e. The van der Waals surface area contributed by atoms with Crippen LogP contribution in [0.1, 0.15) is 45.4 Å². The van der Waals surface area contributed by atoms with Gasteiger partial charge in [0.25, 0.3) is 0 Å². The van der Waals surface area contributed by atoms with Crippen LogP contribution in [0, 0.1) is 0 Å². The molecule has 0 spiro atoms. The molecular weight excluding hydrogens is 316 g/mol. The fourth-order valence-corrected chi connectivity index (χ4v) is 3.45. The Bertz CT molecular complexity index is 703. The molecule has 1 aliphatic carbocycles. The molecule has 0 radical (unpaired) electrons. The summed E-state index contributed by atoms with van der Waals surface area (Å²) in [5.41, 5.74) is 1.77. The van der Waals surface area contributed by atoms with Crippen LogP contribution in [0.4, 0.5) is 5.95 Å². The predicted octanol–water partition coefficient (Wildman–Crippen LogP) is 2.67. The van der Waals surface area contributed by atoms with Crippen molar-refractivity contribution in [3.8, 4) is 0 Å². The second-order valence-corrected chi connectivity index (χ2v) is 7.00. The van der Waals surface area contributed by atoms with Gasteiger partial charge in [-0.05, 0) is 31.9 Å². The lowest BCUT2D eigenvalue weighted by atomic mass is 10.1. The zero-order chi connectivity index (χ0) is 17.6. The summed E-state index contributed by atoms with van der Waals surface area (Å²) in [5.74, 6) is 0.647. The van der Waals surface area contributed by atoms with Gasteiger partial charge in [-0.25, -0.2) is 4.98 Å². The van der Waals surface area contributed by atoms with Crippen molar-refractivity contribution in [1.29, 1.82) is 0 Å². The molecule has 0 bridgehead atoms. The Morgan fingerprint density at radius 3 is 2.72 bits per heavy atom. The second-order valence-electron chi connectivity index (χ2n) is 7.00. The molecule has 1 amide bonds. The first kappa shape index (κ1) is 17.7. The quantitative estimate of drug-likeness (QED) is 0.704. The zero-order valence-corrected chi connectivity index (χ0v) is 14.9. The Labute approximate surface area is 148 Å². The zero-order valence-electron chi connectivity index (χ0n) is 14.9. The van der Waals surface area contributed by atoms with Crippen molar-refractivity contribution in [3.05, 3.63) is 24.3 Å². The van der Waals surface area contributed by atoms with Crippen molar-refractivity contribution in [3.63, 3.8) is 0 Å². The first-order chi connectivity index (χ1) is 12.1. The molecule has 25 heavy (non-hydrogen) atoms. The maximum absolute atomic E-state index is 12.6. The second kappa shape index (κ2) is 8.34. The van der Waals surface area contributed by atoms with E-state index in [1.165, 1.54) is 25.7 Å². The standard InChI is InChI=1S/C19H28N4O2/c1-14(24)12-20-19-22-16-10-6-7-11-17(16)23(19)13-18(25)21-15-8-4-2-3-5-9-15/h6-7,10-11,14-15,24H,2-5,8-9,12-13H2,1H3,(H,20,22)(H,21,25)/t14-/m1/s1. The highest BCUT2D eigenvalue weighted by Gasteiger charge is 2.18. The van der Waals surface area contributed by atoms with Gasteiger partial charge in [-0.1, -0.05) is 37.8 Å². The van der Waals surface area contributed by atoms with Crippen LogP contribution < -0.4 is 10.6 Å². The SMILES string of the molecule is C[C@@H](O)CNc1nc2ccccc2n1CC(=O)NC1CCCCCC1. The summed E-state index contributed by atoms with van der Waals surface area (Å²) in [5, 5.41) is 15.9. The Kier molecular flexibility index (Phi) is 5.91. The van der Waals surface area contributed by atoms with Gasteiger partial charge in [-0.3, -0.25) is 4.79 Å². The molecule has 1 heterocycles. The van der Waals surface area contributed by atoms with E-state index in [4.69, 9.17) is 0 Å². The first-order valence-electron chi connectivity index (χ1n) is 9.30. The average Bonchev–Trinajstić information content (AvgIpc) is 2.75. The number of imidazole rings is 1. The number of nitrogens with zero attached hydrogens (tertiary/aromatic N) is 2. The number of amides is 1. The third-order valence-corrected chi connectivity index (χ3v) is 4.73. The van der Waals surface area contributed by atoms with E-state index in [1.54, 1.807) is 6.92 Å². The maximum atomic E-state index is 12.6. The third-order valence-electron chi connectivity index (χ3n) is 4.73. The molecule has 0 saturated heterocycles. The number of aromatic nitrogens is 2. The fourth-order valence-electron chi connectivity index (χ4n) is 3.45. The Hall–Kier alpha value is -2.08. The van der Waals surface area contributed by atoms with Crippen LogP contribution in [-0.2, 0) is 11.3 Å². The van der Waals surface area contributed by atoms with Crippen molar-refractivity contribution in [2.75, 3.05) is 11.9 Å². The first-order valence-corrected chi connectivity index (χ1v) is 9.30. The van der Waals surface area contributed by atoms with E-state index in [2.05, 4.69) is 15.6 Å². The van der Waals surface area contributed by atoms with E-state index in [1.807, 2.05) is 28.8 Å². The predicted molar refractivity (Wildman–Crippen MR) is 99.5 cm³/mol. The van der Waals surface area contributed by atoms with Crippen molar-refractivity contribution in [2.24, 2.45) is 0 Å².